The van der Waals surface area contributed by atoms with Crippen LogP contribution in [-0.2, 0) is 8.99 Å². The molecule has 1 aliphatic carbocycles. The molecule has 0 unspecified atom stereocenters. The number of hydrogen-bond donors (Lipinski definition) is 1. The molecule has 0 spiro atoms. The van der Waals surface area contributed by atoms with E-state index >= 15 is 4.57 Å². The molecule has 5 aromatic carbocycles. The van der Waals surface area contributed by atoms with Gasteiger partial charge in [-0.25, -0.2) is 0 Å². The molecule has 0 aromatic heterocycles. The van der Waals surface area contributed by atoms with Gasteiger partial charge in [0.05, 0.1) is 0 Å². The Morgan fingerprint density at radius 3 is 1.67 bits per heavy atom. The summed E-state index contributed by atoms with van der Waals surface area (Å²) in [4.78, 5) is 0. The molecule has 45 heavy (non-hydrogen) atoms. The Bertz CT molecular complexity index is 1570. The van der Waals surface area contributed by atoms with Crippen LogP contribution in [0.2, 0.25) is 6.04 Å². The van der Waals surface area contributed by atoms with Crippen LogP contribution in [0.4, 0.5) is 0 Å². The van der Waals surface area contributed by atoms with E-state index in [9.17, 15) is 0 Å². The van der Waals surface area contributed by atoms with E-state index in [1.54, 1.807) is 0 Å². The average Bonchev–Trinajstić information content (AvgIpc) is 3.89. The lowest BCUT2D eigenvalue weighted by molar-refractivity contribution is 0.293. The Kier molecular flexibility index (Phi) is 10.3. The van der Waals surface area contributed by atoms with Gasteiger partial charge in [-0.3, -0.25) is 9.65 Å². The van der Waals surface area contributed by atoms with Crippen LogP contribution in [0.1, 0.15) is 44.2 Å². The third-order valence-electron chi connectivity index (χ3n) is 9.32. The quantitative estimate of drug-likeness (QED) is 0.0947. The van der Waals surface area contributed by atoms with Crippen molar-refractivity contribution in [1.29, 1.82) is 0 Å². The van der Waals surface area contributed by atoms with Gasteiger partial charge in [0.2, 0.25) is 7.29 Å². The minimum absolute atomic E-state index is 0.0206. The van der Waals surface area contributed by atoms with Crippen LogP contribution >= 0.6 is 7.29 Å². The van der Waals surface area contributed by atoms with E-state index in [0.717, 1.165) is 48.9 Å². The summed E-state index contributed by atoms with van der Waals surface area (Å²) in [5.41, 5.74) is 1.19. The van der Waals surface area contributed by atoms with Crippen molar-refractivity contribution >= 4 is 36.6 Å². The zero-order valence-electron chi connectivity index (χ0n) is 26.2. The monoisotopic (exact) mass is 629 g/mol. The van der Waals surface area contributed by atoms with Gasteiger partial charge in [0.1, 0.15) is 0 Å². The van der Waals surface area contributed by atoms with Crippen molar-refractivity contribution in [3.05, 3.63) is 157 Å². The second-order valence-corrected chi connectivity index (χ2v) is 18.4. The molecule has 1 fully saturated rings. The van der Waals surface area contributed by atoms with Crippen LogP contribution in [0.5, 0.6) is 0 Å². The Hall–Kier alpha value is -3.53. The number of nitrogens with one attached hydrogen (secondary N) is 1. The van der Waals surface area contributed by atoms with E-state index in [4.69, 9.17) is 4.43 Å². The predicted octanol–water partition coefficient (Wildman–Crippen LogP) is 7.85. The first-order valence-corrected chi connectivity index (χ1v) is 20.3. The Morgan fingerprint density at radius 2 is 1.18 bits per heavy atom. The Balaban J connectivity index is 1.25. The van der Waals surface area contributed by atoms with E-state index in [1.807, 2.05) is 60.7 Å². The first-order chi connectivity index (χ1) is 22.1. The maximum Gasteiger partial charge on any atom is 0.255 e. The number of unbranched alkanes of at least 4 members (excludes halogenated alkanes) is 1. The van der Waals surface area contributed by atoms with Crippen molar-refractivity contribution in [2.24, 2.45) is 11.8 Å². The number of benzene rings is 5. The average molecular weight is 630 g/mol. The molecule has 230 valence electrons. The normalized spacial score (nSPS) is 17.1. The first-order valence-electron chi connectivity index (χ1n) is 16.4. The maximum atomic E-state index is 15.1. The molecule has 5 heteroatoms. The molecule has 6 rings (SSSR count). The van der Waals surface area contributed by atoms with Gasteiger partial charge < -0.3 is 4.43 Å². The predicted molar refractivity (Wildman–Crippen MR) is 192 cm³/mol. The van der Waals surface area contributed by atoms with Crippen molar-refractivity contribution in [1.82, 2.24) is 5.09 Å². The molecule has 1 N–H and O–H groups in total. The van der Waals surface area contributed by atoms with Gasteiger partial charge in [0.15, 0.2) is 0 Å². The lowest BCUT2D eigenvalue weighted by Crippen LogP contribution is -2.60. The number of rotatable bonds is 15. The van der Waals surface area contributed by atoms with Crippen LogP contribution in [0, 0.1) is 11.8 Å². The lowest BCUT2D eigenvalue weighted by Gasteiger charge is -2.33. The van der Waals surface area contributed by atoms with Gasteiger partial charge in [0, 0.05) is 23.3 Å². The standard InChI is InChI=1S/C40H44NO2PSi/c1-2-3-31-45(37-25-15-7-16-26-37,38-27-17-8-18-28-38)43-30-29-34-32-39(34)40(33-19-9-4-10-20-33)41-44(42,35-21-11-5-12-22-35)36-23-13-6-14-24-36/h4-28,34,39-40H,2-3,29-32H2,1H3,(H,41,42)/t34-,39-,40+/m1/s1. The van der Waals surface area contributed by atoms with E-state index in [1.165, 1.54) is 15.9 Å². The second-order valence-electron chi connectivity index (χ2n) is 12.3. The molecule has 0 heterocycles. The highest BCUT2D eigenvalue weighted by Crippen LogP contribution is 2.53. The molecular formula is C40H44NO2PSi. The van der Waals surface area contributed by atoms with Crippen LogP contribution in [-0.4, -0.2) is 14.9 Å². The van der Waals surface area contributed by atoms with Gasteiger partial charge in [0.25, 0.3) is 8.32 Å². The molecule has 1 aliphatic rings. The summed E-state index contributed by atoms with van der Waals surface area (Å²) in [6, 6.07) is 53.4. The molecule has 3 atom stereocenters. The SMILES string of the molecule is CCCC[Si](OCC[C@@H]1C[C@H]1[C@@H](NP(=O)(c1ccccc1)c1ccccc1)c1ccccc1)(c1ccccc1)c1ccccc1. The zero-order chi connectivity index (χ0) is 31.0. The fourth-order valence-electron chi connectivity index (χ4n) is 6.78. The topological polar surface area (TPSA) is 38.3 Å². The zero-order valence-corrected chi connectivity index (χ0v) is 28.1. The summed E-state index contributed by atoms with van der Waals surface area (Å²) in [7, 11) is -5.51. The first kappa shape index (κ1) is 31.4. The van der Waals surface area contributed by atoms with E-state index < -0.39 is 15.6 Å². The van der Waals surface area contributed by atoms with E-state index in [0.29, 0.717) is 11.8 Å². The van der Waals surface area contributed by atoms with Crippen molar-refractivity contribution in [3.8, 4) is 0 Å². The molecule has 1 saturated carbocycles. The molecule has 0 radical (unpaired) electrons. The summed E-state index contributed by atoms with van der Waals surface area (Å²) in [6.45, 7) is 3.00. The highest BCUT2D eigenvalue weighted by molar-refractivity contribution is 7.76. The van der Waals surface area contributed by atoms with Crippen LogP contribution in [0.15, 0.2) is 152 Å². The summed E-state index contributed by atoms with van der Waals surface area (Å²) in [6.07, 6.45) is 4.39. The van der Waals surface area contributed by atoms with Gasteiger partial charge in [-0.15, -0.1) is 0 Å². The van der Waals surface area contributed by atoms with Crippen molar-refractivity contribution in [2.75, 3.05) is 6.61 Å². The summed E-state index contributed by atoms with van der Waals surface area (Å²) in [5.74, 6) is 0.893. The minimum atomic E-state index is -3.11. The van der Waals surface area contributed by atoms with Crippen LogP contribution < -0.4 is 26.1 Å². The van der Waals surface area contributed by atoms with Gasteiger partial charge >= 0.3 is 0 Å². The van der Waals surface area contributed by atoms with Crippen molar-refractivity contribution in [3.63, 3.8) is 0 Å². The fraction of sp³-hybridized carbons (Fsp3) is 0.250. The second kappa shape index (κ2) is 14.7. The maximum absolute atomic E-state index is 15.1. The largest absolute Gasteiger partial charge is 0.408 e. The molecular weight excluding hydrogens is 586 g/mol. The summed E-state index contributed by atoms with van der Waals surface area (Å²) in [5, 5.41) is 8.17. The molecule has 0 saturated heterocycles. The van der Waals surface area contributed by atoms with Crippen LogP contribution in [0.25, 0.3) is 0 Å². The number of hydrogen-bond acceptors (Lipinski definition) is 2. The molecule has 5 aromatic rings. The molecule has 0 aliphatic heterocycles. The summed E-state index contributed by atoms with van der Waals surface area (Å²) >= 11 is 0. The Morgan fingerprint density at radius 1 is 0.711 bits per heavy atom. The lowest BCUT2D eigenvalue weighted by atomic mass is 10.0. The third-order valence-corrected chi connectivity index (χ3v) is 16.3. The molecule has 3 nitrogen and oxygen atoms in total. The third kappa shape index (κ3) is 7.16. The van der Waals surface area contributed by atoms with E-state index in [2.05, 4.69) is 103 Å². The highest BCUT2D eigenvalue weighted by Gasteiger charge is 2.47. The molecule has 0 bridgehead atoms. The minimum Gasteiger partial charge on any atom is -0.408 e. The summed E-state index contributed by atoms with van der Waals surface area (Å²) < 4.78 is 22.3. The van der Waals surface area contributed by atoms with Crippen molar-refractivity contribution in [2.45, 2.75) is 44.7 Å². The smallest absolute Gasteiger partial charge is 0.255 e. The fourth-order valence-corrected chi connectivity index (χ4v) is 13.5. The van der Waals surface area contributed by atoms with Crippen molar-refractivity contribution < 1.29 is 8.99 Å². The highest BCUT2D eigenvalue weighted by atomic mass is 31.2. The van der Waals surface area contributed by atoms with Gasteiger partial charge in [-0.2, -0.15) is 0 Å². The van der Waals surface area contributed by atoms with Gasteiger partial charge in [-0.05, 0) is 70.9 Å². The molecule has 0 amide bonds. The van der Waals surface area contributed by atoms with E-state index in [-0.39, 0.29) is 6.04 Å². The Labute approximate surface area is 270 Å². The van der Waals surface area contributed by atoms with Gasteiger partial charge in [-0.1, -0.05) is 147 Å². The van der Waals surface area contributed by atoms with Crippen LogP contribution in [0.3, 0.4) is 0 Å².